The lowest BCUT2D eigenvalue weighted by Crippen LogP contribution is -1.98. The standard InChI is InChI=1S/C20H19N3OS/c1-13-4-5-14(2)17(12-13)21-19-18(22-20-23(19)10-11-25-20)15-6-8-16(24-3)9-7-15/h4-12,21H,1-3H3. The normalized spacial score (nSPS) is 11.0. The van der Waals surface area contributed by atoms with E-state index in [1.165, 1.54) is 11.1 Å². The van der Waals surface area contributed by atoms with Crippen LogP contribution < -0.4 is 10.1 Å². The molecular weight excluding hydrogens is 330 g/mol. The Morgan fingerprint density at radius 2 is 1.88 bits per heavy atom. The molecule has 0 amide bonds. The number of imidazole rings is 1. The lowest BCUT2D eigenvalue weighted by molar-refractivity contribution is 0.415. The molecule has 2 heterocycles. The number of thiazole rings is 1. The third kappa shape index (κ3) is 2.87. The SMILES string of the molecule is COc1ccc(-c2nc3sccn3c2Nc2cc(C)ccc2C)cc1. The minimum absolute atomic E-state index is 0.841. The molecule has 0 aliphatic carbocycles. The minimum atomic E-state index is 0.841. The van der Waals surface area contributed by atoms with Gasteiger partial charge in [0.2, 0.25) is 0 Å². The zero-order chi connectivity index (χ0) is 17.4. The summed E-state index contributed by atoms with van der Waals surface area (Å²) in [6.07, 6.45) is 2.05. The summed E-state index contributed by atoms with van der Waals surface area (Å²) < 4.78 is 7.37. The molecule has 4 rings (SSSR count). The largest absolute Gasteiger partial charge is 0.497 e. The van der Waals surface area contributed by atoms with Crippen LogP contribution in [0.4, 0.5) is 11.5 Å². The first-order chi connectivity index (χ1) is 12.2. The average Bonchev–Trinajstić information content (AvgIpc) is 3.21. The van der Waals surface area contributed by atoms with Crippen LogP contribution in [0.1, 0.15) is 11.1 Å². The van der Waals surface area contributed by atoms with E-state index in [1.807, 2.05) is 30.5 Å². The van der Waals surface area contributed by atoms with Crippen molar-refractivity contribution in [1.29, 1.82) is 0 Å². The molecule has 4 nitrogen and oxygen atoms in total. The first kappa shape index (κ1) is 15.7. The summed E-state index contributed by atoms with van der Waals surface area (Å²) >= 11 is 1.63. The van der Waals surface area contributed by atoms with Gasteiger partial charge in [0, 0.05) is 22.8 Å². The molecule has 2 aromatic carbocycles. The van der Waals surface area contributed by atoms with E-state index in [0.717, 1.165) is 33.5 Å². The van der Waals surface area contributed by atoms with Crippen molar-refractivity contribution in [2.24, 2.45) is 0 Å². The van der Waals surface area contributed by atoms with Crippen LogP contribution in [0.25, 0.3) is 16.2 Å². The second kappa shape index (κ2) is 6.26. The van der Waals surface area contributed by atoms with E-state index in [9.17, 15) is 0 Å². The summed E-state index contributed by atoms with van der Waals surface area (Å²) in [5.41, 5.74) is 5.53. The van der Waals surface area contributed by atoms with Crippen molar-refractivity contribution in [1.82, 2.24) is 9.38 Å². The van der Waals surface area contributed by atoms with Gasteiger partial charge in [0.15, 0.2) is 4.96 Å². The second-order valence-electron chi connectivity index (χ2n) is 6.04. The Morgan fingerprint density at radius 3 is 2.64 bits per heavy atom. The van der Waals surface area contributed by atoms with Gasteiger partial charge in [-0.2, -0.15) is 0 Å². The van der Waals surface area contributed by atoms with Gasteiger partial charge in [-0.3, -0.25) is 4.40 Å². The molecule has 0 radical (unpaired) electrons. The smallest absolute Gasteiger partial charge is 0.195 e. The molecular formula is C20H19N3OS. The number of ether oxygens (including phenoxy) is 1. The third-order valence-electron chi connectivity index (χ3n) is 4.27. The number of hydrogen-bond acceptors (Lipinski definition) is 4. The predicted molar refractivity (Wildman–Crippen MR) is 104 cm³/mol. The Hall–Kier alpha value is -2.79. The zero-order valence-electron chi connectivity index (χ0n) is 14.4. The number of nitrogens with one attached hydrogen (secondary N) is 1. The first-order valence-electron chi connectivity index (χ1n) is 8.10. The molecule has 0 unspecified atom stereocenters. The topological polar surface area (TPSA) is 38.6 Å². The Balaban J connectivity index is 1.83. The average molecular weight is 349 g/mol. The summed E-state index contributed by atoms with van der Waals surface area (Å²) in [5, 5.41) is 5.64. The van der Waals surface area contributed by atoms with E-state index in [2.05, 4.69) is 47.1 Å². The van der Waals surface area contributed by atoms with E-state index >= 15 is 0 Å². The lowest BCUT2D eigenvalue weighted by atomic mass is 10.1. The van der Waals surface area contributed by atoms with Gasteiger partial charge in [0.25, 0.3) is 0 Å². The van der Waals surface area contributed by atoms with Crippen LogP contribution in [0.2, 0.25) is 0 Å². The number of hydrogen-bond donors (Lipinski definition) is 1. The maximum Gasteiger partial charge on any atom is 0.195 e. The van der Waals surface area contributed by atoms with Crippen molar-refractivity contribution in [3.63, 3.8) is 0 Å². The molecule has 0 atom stereocenters. The quantitative estimate of drug-likeness (QED) is 0.534. The van der Waals surface area contributed by atoms with Crippen molar-refractivity contribution in [2.45, 2.75) is 13.8 Å². The fourth-order valence-corrected chi connectivity index (χ4v) is 3.57. The molecule has 0 aliphatic heterocycles. The summed E-state index contributed by atoms with van der Waals surface area (Å²) in [7, 11) is 1.68. The van der Waals surface area contributed by atoms with Crippen LogP contribution in [0, 0.1) is 13.8 Å². The molecule has 0 bridgehead atoms. The maximum absolute atomic E-state index is 5.26. The van der Waals surface area contributed by atoms with Crippen molar-refractivity contribution >= 4 is 27.8 Å². The maximum atomic E-state index is 5.26. The van der Waals surface area contributed by atoms with Gasteiger partial charge in [-0.05, 0) is 55.3 Å². The van der Waals surface area contributed by atoms with Crippen molar-refractivity contribution < 1.29 is 4.74 Å². The van der Waals surface area contributed by atoms with Crippen LogP contribution in [-0.4, -0.2) is 16.5 Å². The van der Waals surface area contributed by atoms with E-state index in [1.54, 1.807) is 18.4 Å². The molecule has 2 aromatic heterocycles. The highest BCUT2D eigenvalue weighted by molar-refractivity contribution is 7.15. The number of nitrogens with zero attached hydrogens (tertiary/aromatic N) is 2. The molecule has 0 saturated carbocycles. The Bertz CT molecular complexity index is 1030. The van der Waals surface area contributed by atoms with Crippen LogP contribution in [-0.2, 0) is 0 Å². The van der Waals surface area contributed by atoms with E-state index in [0.29, 0.717) is 0 Å². The molecule has 1 N–H and O–H groups in total. The Labute approximate surface area is 150 Å². The van der Waals surface area contributed by atoms with Crippen LogP contribution >= 0.6 is 11.3 Å². The van der Waals surface area contributed by atoms with Gasteiger partial charge in [-0.1, -0.05) is 12.1 Å². The number of anilines is 2. The van der Waals surface area contributed by atoms with Crippen molar-refractivity contribution in [2.75, 3.05) is 12.4 Å². The summed E-state index contributed by atoms with van der Waals surface area (Å²) in [6, 6.07) is 14.4. The third-order valence-corrected chi connectivity index (χ3v) is 5.03. The number of benzene rings is 2. The summed E-state index contributed by atoms with van der Waals surface area (Å²) in [5.74, 6) is 1.82. The number of fused-ring (bicyclic) bond motifs is 1. The number of rotatable bonds is 4. The molecule has 0 fully saturated rings. The lowest BCUT2D eigenvalue weighted by Gasteiger charge is -2.12. The van der Waals surface area contributed by atoms with Gasteiger partial charge >= 0.3 is 0 Å². The molecule has 0 saturated heterocycles. The monoisotopic (exact) mass is 349 g/mol. The highest BCUT2D eigenvalue weighted by Gasteiger charge is 2.16. The van der Waals surface area contributed by atoms with Crippen LogP contribution in [0.15, 0.2) is 54.0 Å². The second-order valence-corrected chi connectivity index (χ2v) is 6.91. The molecule has 25 heavy (non-hydrogen) atoms. The zero-order valence-corrected chi connectivity index (χ0v) is 15.2. The first-order valence-corrected chi connectivity index (χ1v) is 8.98. The molecule has 126 valence electrons. The summed E-state index contributed by atoms with van der Waals surface area (Å²) in [4.78, 5) is 5.80. The predicted octanol–water partition coefficient (Wildman–Crippen LogP) is 5.43. The fraction of sp³-hybridized carbons (Fsp3) is 0.150. The van der Waals surface area contributed by atoms with Crippen LogP contribution in [0.5, 0.6) is 5.75 Å². The number of aromatic nitrogens is 2. The van der Waals surface area contributed by atoms with E-state index in [4.69, 9.17) is 9.72 Å². The van der Waals surface area contributed by atoms with Gasteiger partial charge in [-0.15, -0.1) is 11.3 Å². The van der Waals surface area contributed by atoms with Gasteiger partial charge in [0.1, 0.15) is 17.3 Å². The van der Waals surface area contributed by atoms with E-state index < -0.39 is 0 Å². The van der Waals surface area contributed by atoms with Gasteiger partial charge in [-0.25, -0.2) is 4.98 Å². The molecule has 0 spiro atoms. The Morgan fingerprint density at radius 1 is 1.08 bits per heavy atom. The molecule has 5 heteroatoms. The van der Waals surface area contributed by atoms with Gasteiger partial charge < -0.3 is 10.1 Å². The number of aryl methyl sites for hydroxylation is 2. The minimum Gasteiger partial charge on any atom is -0.497 e. The fourth-order valence-electron chi connectivity index (χ4n) is 2.85. The van der Waals surface area contributed by atoms with Crippen LogP contribution in [0.3, 0.4) is 0 Å². The highest BCUT2D eigenvalue weighted by atomic mass is 32.1. The van der Waals surface area contributed by atoms with Crippen molar-refractivity contribution in [3.05, 3.63) is 65.2 Å². The molecule has 4 aromatic rings. The van der Waals surface area contributed by atoms with E-state index in [-0.39, 0.29) is 0 Å². The van der Waals surface area contributed by atoms with Crippen molar-refractivity contribution in [3.8, 4) is 17.0 Å². The summed E-state index contributed by atoms with van der Waals surface area (Å²) in [6.45, 7) is 4.21. The Kier molecular flexibility index (Phi) is 3.93. The highest BCUT2D eigenvalue weighted by Crippen LogP contribution is 2.34. The molecule has 0 aliphatic rings. The van der Waals surface area contributed by atoms with Gasteiger partial charge in [0.05, 0.1) is 7.11 Å². The number of methoxy groups -OCH3 is 1.